The van der Waals surface area contributed by atoms with Crippen LogP contribution in [0, 0.1) is 23.2 Å². The Labute approximate surface area is 220 Å². The molecule has 2 heterocycles. The number of hydrogen-bond acceptors (Lipinski definition) is 10. The van der Waals surface area contributed by atoms with E-state index < -0.39 is 94.6 Å². The molecule has 0 amide bonds. The summed E-state index contributed by atoms with van der Waals surface area (Å²) in [5.74, 6) is -5.12. The molecule has 4 aliphatic rings. The van der Waals surface area contributed by atoms with Crippen molar-refractivity contribution >= 4 is 35.5 Å². The highest BCUT2D eigenvalue weighted by molar-refractivity contribution is 6.23. The molecule has 204 valence electrons. The molecular formula is C26H33ClO10. The lowest BCUT2D eigenvalue weighted by Crippen LogP contribution is -2.68. The third-order valence-electron chi connectivity index (χ3n) is 8.40. The first-order valence-electron chi connectivity index (χ1n) is 12.3. The van der Waals surface area contributed by atoms with Crippen LogP contribution in [-0.4, -0.2) is 76.6 Å². The number of carbonyl (C=O) groups excluding carboxylic acids is 4. The fraction of sp³-hybridized carbons (Fsp3) is 0.692. The number of alkyl halides is 1. The Kier molecular flexibility index (Phi) is 7.01. The third kappa shape index (κ3) is 4.27. The Morgan fingerprint density at radius 3 is 2.22 bits per heavy atom. The summed E-state index contributed by atoms with van der Waals surface area (Å²) in [6, 6.07) is 0. The molecule has 11 heteroatoms. The van der Waals surface area contributed by atoms with Crippen molar-refractivity contribution in [3.8, 4) is 0 Å². The van der Waals surface area contributed by atoms with E-state index in [9.17, 15) is 24.3 Å². The van der Waals surface area contributed by atoms with E-state index in [-0.39, 0.29) is 0 Å². The molecule has 0 aromatic heterocycles. The fourth-order valence-electron chi connectivity index (χ4n) is 6.60. The molecule has 37 heavy (non-hydrogen) atoms. The molecule has 3 fully saturated rings. The molecule has 0 aromatic carbocycles. The molecule has 0 aromatic rings. The van der Waals surface area contributed by atoms with Crippen LogP contribution in [0.15, 0.2) is 24.3 Å². The first kappa shape index (κ1) is 27.6. The molecule has 2 aliphatic heterocycles. The van der Waals surface area contributed by atoms with Crippen LogP contribution in [0.2, 0.25) is 0 Å². The van der Waals surface area contributed by atoms with Crippen molar-refractivity contribution in [2.45, 2.75) is 89.1 Å². The van der Waals surface area contributed by atoms with E-state index in [0.717, 1.165) is 0 Å². The summed E-state index contributed by atoms with van der Waals surface area (Å²) < 4.78 is 28.9. The molecule has 0 unspecified atom stereocenters. The van der Waals surface area contributed by atoms with Crippen molar-refractivity contribution in [2.75, 3.05) is 0 Å². The van der Waals surface area contributed by atoms with E-state index in [1.807, 2.05) is 0 Å². The van der Waals surface area contributed by atoms with Crippen LogP contribution in [0.25, 0.3) is 0 Å². The maximum Gasteiger partial charge on any atom is 0.312 e. The quantitative estimate of drug-likeness (QED) is 0.244. The van der Waals surface area contributed by atoms with Gasteiger partial charge >= 0.3 is 23.9 Å². The largest absolute Gasteiger partial charge is 0.459 e. The maximum atomic E-state index is 12.8. The summed E-state index contributed by atoms with van der Waals surface area (Å²) in [5, 5.41) is 11.3. The van der Waals surface area contributed by atoms with Gasteiger partial charge in [0.1, 0.15) is 24.4 Å². The summed E-state index contributed by atoms with van der Waals surface area (Å²) in [6.07, 6.45) is -2.31. The molecule has 1 N–H and O–H groups in total. The summed E-state index contributed by atoms with van der Waals surface area (Å²) in [7, 11) is 0. The lowest BCUT2D eigenvalue weighted by molar-refractivity contribution is -0.222. The molecule has 2 aliphatic carbocycles. The number of ether oxygens (including phenoxy) is 5. The zero-order valence-corrected chi connectivity index (χ0v) is 22.4. The third-order valence-corrected chi connectivity index (χ3v) is 8.91. The monoisotopic (exact) mass is 540 g/mol. The number of hydrogen-bond donors (Lipinski definition) is 1. The van der Waals surface area contributed by atoms with E-state index in [4.69, 9.17) is 35.3 Å². The lowest BCUT2D eigenvalue weighted by Gasteiger charge is -2.54. The standard InChI is InChI=1S/C26H33ClO10/c1-10-8-9-16(33-13(4)28)25(7)17(11(2)19(34-14(5)29)20-23(25)36-20)21(35-15(6)30)26(32)12(3)24(31)37-22(26)18(10)27/h8-9,11-12,16-23,32H,1H2,2-7H3/b9-8-/t11-,12+,16-,17-,18+,19+,20+,21-,22+,23+,25-,26-/m1/s1. The van der Waals surface area contributed by atoms with Gasteiger partial charge in [0, 0.05) is 38.0 Å². The molecule has 4 rings (SSSR count). The first-order chi connectivity index (χ1) is 17.1. The van der Waals surface area contributed by atoms with Gasteiger partial charge in [-0.05, 0) is 18.6 Å². The van der Waals surface area contributed by atoms with Gasteiger partial charge in [0.2, 0.25) is 0 Å². The van der Waals surface area contributed by atoms with Crippen molar-refractivity contribution in [3.63, 3.8) is 0 Å². The highest BCUT2D eigenvalue weighted by Crippen LogP contribution is 2.61. The van der Waals surface area contributed by atoms with Crippen LogP contribution in [-0.2, 0) is 42.9 Å². The average molecular weight is 541 g/mol. The van der Waals surface area contributed by atoms with E-state index in [1.165, 1.54) is 27.7 Å². The van der Waals surface area contributed by atoms with Crippen LogP contribution in [0.3, 0.4) is 0 Å². The van der Waals surface area contributed by atoms with Gasteiger partial charge in [0.15, 0.2) is 11.7 Å². The smallest absolute Gasteiger partial charge is 0.312 e. The van der Waals surface area contributed by atoms with Crippen molar-refractivity contribution in [1.29, 1.82) is 0 Å². The maximum absolute atomic E-state index is 12.8. The van der Waals surface area contributed by atoms with Crippen LogP contribution >= 0.6 is 11.6 Å². The molecular weight excluding hydrogens is 508 g/mol. The molecule has 0 radical (unpaired) electrons. The number of allylic oxidation sites excluding steroid dienone is 1. The van der Waals surface area contributed by atoms with Gasteiger partial charge in [-0.2, -0.15) is 0 Å². The Morgan fingerprint density at radius 2 is 1.65 bits per heavy atom. The minimum Gasteiger partial charge on any atom is -0.459 e. The number of aliphatic hydroxyl groups is 1. The Bertz CT molecular complexity index is 1060. The summed E-state index contributed by atoms with van der Waals surface area (Å²) in [5.41, 5.74) is -2.91. The minimum atomic E-state index is -2.10. The Balaban J connectivity index is 2.00. The van der Waals surface area contributed by atoms with Crippen molar-refractivity contribution in [2.24, 2.45) is 23.2 Å². The summed E-state index contributed by atoms with van der Waals surface area (Å²) >= 11 is 6.70. The van der Waals surface area contributed by atoms with Gasteiger partial charge in [-0.3, -0.25) is 19.2 Å². The number of carbonyl (C=O) groups is 4. The highest BCUT2D eigenvalue weighted by Gasteiger charge is 2.75. The van der Waals surface area contributed by atoms with Gasteiger partial charge in [0.05, 0.1) is 17.4 Å². The van der Waals surface area contributed by atoms with Crippen LogP contribution in [0.5, 0.6) is 0 Å². The first-order valence-corrected chi connectivity index (χ1v) is 12.7. The molecule has 0 bridgehead atoms. The molecule has 2 saturated heterocycles. The van der Waals surface area contributed by atoms with Crippen molar-refractivity contribution in [1.82, 2.24) is 0 Å². The predicted molar refractivity (Wildman–Crippen MR) is 128 cm³/mol. The molecule has 1 saturated carbocycles. The second kappa shape index (κ2) is 9.39. The van der Waals surface area contributed by atoms with Crippen LogP contribution in [0.1, 0.15) is 41.5 Å². The summed E-state index contributed by atoms with van der Waals surface area (Å²) in [6.45, 7) is 12.8. The number of halogens is 1. The number of epoxide rings is 1. The van der Waals surface area contributed by atoms with Crippen LogP contribution in [0.4, 0.5) is 0 Å². The highest BCUT2D eigenvalue weighted by atomic mass is 35.5. The second-order valence-electron chi connectivity index (χ2n) is 10.7. The van der Waals surface area contributed by atoms with Gasteiger partial charge in [-0.15, -0.1) is 11.6 Å². The number of fused-ring (bicyclic) bond motifs is 4. The predicted octanol–water partition coefficient (Wildman–Crippen LogP) is 1.85. The number of esters is 4. The summed E-state index contributed by atoms with van der Waals surface area (Å²) in [4.78, 5) is 49.6. The van der Waals surface area contributed by atoms with Crippen molar-refractivity contribution < 1.29 is 48.0 Å². The molecule has 10 nitrogen and oxygen atoms in total. The van der Waals surface area contributed by atoms with E-state index >= 15 is 0 Å². The van der Waals surface area contributed by atoms with Gasteiger partial charge in [0.25, 0.3) is 0 Å². The lowest BCUT2D eigenvalue weighted by atomic mass is 9.54. The SMILES string of the molecule is C=C1/C=C\[C@@H](OC(C)=O)[C@]2(C)[C@H]([C@@H](C)[C@H](OC(C)=O)[C@@H]3O[C@@H]32)[C@@H](OC(C)=O)[C@]2(O)[C@@H](C)C(=O)O[C@H]2[C@H]1Cl. The topological polar surface area (TPSA) is 138 Å². The zero-order chi connectivity index (χ0) is 27.6. The molecule has 0 spiro atoms. The normalized spacial score (nSPS) is 47.4. The molecule has 12 atom stereocenters. The van der Waals surface area contributed by atoms with E-state index in [2.05, 4.69) is 6.58 Å². The minimum absolute atomic E-state index is 0.294. The van der Waals surface area contributed by atoms with E-state index in [1.54, 1.807) is 26.0 Å². The number of rotatable bonds is 3. The van der Waals surface area contributed by atoms with Crippen molar-refractivity contribution in [3.05, 3.63) is 24.3 Å². The zero-order valence-electron chi connectivity index (χ0n) is 21.6. The Morgan fingerprint density at radius 1 is 1.05 bits per heavy atom. The van der Waals surface area contributed by atoms with Gasteiger partial charge in [-0.1, -0.05) is 26.5 Å². The Hall–Kier alpha value is -2.43. The van der Waals surface area contributed by atoms with E-state index in [0.29, 0.717) is 5.57 Å². The second-order valence-corrected chi connectivity index (χ2v) is 11.2. The van der Waals surface area contributed by atoms with Gasteiger partial charge in [-0.25, -0.2) is 0 Å². The van der Waals surface area contributed by atoms with Crippen LogP contribution < -0.4 is 0 Å². The average Bonchev–Trinajstić information content (AvgIpc) is 3.57. The fourth-order valence-corrected chi connectivity index (χ4v) is 6.92. The van der Waals surface area contributed by atoms with Gasteiger partial charge < -0.3 is 28.8 Å².